The maximum atomic E-state index is 5.69. The number of rotatable bonds is 0. The topological polar surface area (TPSA) is 24.4 Å². The predicted octanol–water partition coefficient (Wildman–Crippen LogP) is 1.56. The first kappa shape index (κ1) is 6.68. The number of hydrogen-bond donors (Lipinski definition) is 1. The summed E-state index contributed by atoms with van der Waals surface area (Å²) in [5, 5.41) is 3.62. The van der Waals surface area contributed by atoms with E-state index in [4.69, 9.17) is 11.6 Å². The first-order valence-electron chi connectivity index (χ1n) is 3.41. The van der Waals surface area contributed by atoms with Crippen molar-refractivity contribution >= 4 is 17.3 Å². The van der Waals surface area contributed by atoms with Crippen LogP contribution in [-0.2, 0) is 0 Å². The summed E-state index contributed by atoms with van der Waals surface area (Å²) < 4.78 is 0. The van der Waals surface area contributed by atoms with Crippen LogP contribution < -0.4 is 5.32 Å². The molecule has 0 aromatic heterocycles. The third-order valence-electron chi connectivity index (χ3n) is 1.62. The van der Waals surface area contributed by atoms with Crippen LogP contribution in [0, 0.1) is 0 Å². The molecule has 0 bridgehead atoms. The van der Waals surface area contributed by atoms with Crippen LogP contribution >= 0.6 is 11.6 Å². The smallest absolute Gasteiger partial charge is 0.145 e. The molecular weight excluding hydrogens is 160 g/mol. The molecule has 0 spiro atoms. The zero-order valence-electron chi connectivity index (χ0n) is 5.79. The van der Waals surface area contributed by atoms with Crippen LogP contribution in [0.3, 0.4) is 0 Å². The molecule has 1 heterocycles. The molecule has 11 heavy (non-hydrogen) atoms. The number of allylic oxidation sites excluding steroid dienone is 2. The Hall–Kier alpha value is -1.02. The number of hydrogen-bond acceptors (Lipinski definition) is 2. The van der Waals surface area contributed by atoms with Crippen molar-refractivity contribution in [3.8, 4) is 0 Å². The molecule has 0 aromatic carbocycles. The minimum atomic E-state index is 0.211. The molecule has 56 valence electrons. The highest BCUT2D eigenvalue weighted by Gasteiger charge is 2.14. The molecule has 0 aromatic rings. The van der Waals surface area contributed by atoms with Crippen LogP contribution in [0.4, 0.5) is 0 Å². The molecule has 1 aliphatic carbocycles. The van der Waals surface area contributed by atoms with Crippen LogP contribution in [-0.4, -0.2) is 11.8 Å². The Morgan fingerprint density at radius 1 is 1.45 bits per heavy atom. The fourth-order valence-corrected chi connectivity index (χ4v) is 1.25. The van der Waals surface area contributed by atoms with E-state index in [-0.39, 0.29) is 6.04 Å². The van der Waals surface area contributed by atoms with Crippen molar-refractivity contribution in [3.05, 3.63) is 35.7 Å². The first-order valence-corrected chi connectivity index (χ1v) is 3.79. The summed E-state index contributed by atoms with van der Waals surface area (Å²) in [5.41, 5.74) is 0.972. The summed E-state index contributed by atoms with van der Waals surface area (Å²) in [7, 11) is 0. The Bertz CT molecular complexity index is 286. The van der Waals surface area contributed by atoms with E-state index in [9.17, 15) is 0 Å². The lowest BCUT2D eigenvalue weighted by atomic mass is 10.1. The summed E-state index contributed by atoms with van der Waals surface area (Å²) in [4.78, 5) is 4.15. The molecule has 0 saturated heterocycles. The number of nitrogens with zero attached hydrogens (tertiary/aromatic N) is 1. The molecule has 0 amide bonds. The lowest BCUT2D eigenvalue weighted by Crippen LogP contribution is -2.33. The lowest BCUT2D eigenvalue weighted by Gasteiger charge is -2.19. The van der Waals surface area contributed by atoms with E-state index < -0.39 is 0 Å². The van der Waals surface area contributed by atoms with E-state index in [0.29, 0.717) is 5.16 Å². The van der Waals surface area contributed by atoms with Gasteiger partial charge in [-0.2, -0.15) is 0 Å². The zero-order valence-corrected chi connectivity index (χ0v) is 6.55. The van der Waals surface area contributed by atoms with Gasteiger partial charge in [-0.15, -0.1) is 0 Å². The van der Waals surface area contributed by atoms with Gasteiger partial charge in [0.15, 0.2) is 0 Å². The van der Waals surface area contributed by atoms with Crippen LogP contribution in [0.2, 0.25) is 0 Å². The largest absolute Gasteiger partial charge is 0.377 e. The van der Waals surface area contributed by atoms with Crippen LogP contribution in [0.25, 0.3) is 0 Å². The third-order valence-corrected chi connectivity index (χ3v) is 1.81. The van der Waals surface area contributed by atoms with Gasteiger partial charge in [0.25, 0.3) is 0 Å². The Morgan fingerprint density at radius 3 is 3.27 bits per heavy atom. The van der Waals surface area contributed by atoms with Crippen molar-refractivity contribution in [3.63, 3.8) is 0 Å². The van der Waals surface area contributed by atoms with Crippen molar-refractivity contribution in [1.82, 2.24) is 5.32 Å². The maximum absolute atomic E-state index is 5.69. The molecule has 2 aliphatic rings. The molecule has 1 unspecified atom stereocenters. The summed E-state index contributed by atoms with van der Waals surface area (Å²) in [6.07, 6.45) is 9.64. The molecule has 1 atom stereocenters. The van der Waals surface area contributed by atoms with Crippen LogP contribution in [0.1, 0.15) is 0 Å². The van der Waals surface area contributed by atoms with Gasteiger partial charge >= 0.3 is 0 Å². The second kappa shape index (κ2) is 2.55. The van der Waals surface area contributed by atoms with Gasteiger partial charge in [0.05, 0.1) is 11.8 Å². The highest BCUT2D eigenvalue weighted by Crippen LogP contribution is 2.12. The lowest BCUT2D eigenvalue weighted by molar-refractivity contribution is 0.852. The highest BCUT2D eigenvalue weighted by molar-refractivity contribution is 6.30. The summed E-state index contributed by atoms with van der Waals surface area (Å²) >= 11 is 5.69. The molecule has 0 saturated carbocycles. The molecule has 2 rings (SSSR count). The van der Waals surface area contributed by atoms with E-state index in [1.165, 1.54) is 0 Å². The van der Waals surface area contributed by atoms with Gasteiger partial charge in [0.2, 0.25) is 0 Å². The number of halogens is 1. The molecule has 2 nitrogen and oxygen atoms in total. The maximum Gasteiger partial charge on any atom is 0.145 e. The van der Waals surface area contributed by atoms with Gasteiger partial charge in [-0.25, -0.2) is 4.99 Å². The monoisotopic (exact) mass is 166 g/mol. The first-order chi connectivity index (χ1) is 5.36. The van der Waals surface area contributed by atoms with Gasteiger partial charge in [0, 0.05) is 6.20 Å². The van der Waals surface area contributed by atoms with E-state index in [0.717, 1.165) is 5.71 Å². The molecule has 1 aliphatic heterocycles. The van der Waals surface area contributed by atoms with Crippen molar-refractivity contribution in [2.45, 2.75) is 6.04 Å². The SMILES string of the molecule is ClC1=CNC2C=CC=CC2=N1. The van der Waals surface area contributed by atoms with Gasteiger partial charge in [0.1, 0.15) is 5.16 Å². The normalized spacial score (nSPS) is 26.8. The average molecular weight is 167 g/mol. The number of aliphatic imine (C=N–C) groups is 1. The van der Waals surface area contributed by atoms with Crippen LogP contribution in [0.15, 0.2) is 40.7 Å². The van der Waals surface area contributed by atoms with E-state index in [1.54, 1.807) is 6.20 Å². The Labute approximate surface area is 70.0 Å². The van der Waals surface area contributed by atoms with Crippen molar-refractivity contribution in [2.75, 3.05) is 0 Å². The standard InChI is InChI=1S/C8H7ClN2/c9-8-5-10-6-3-1-2-4-7(6)11-8/h1-6,10H. The Kier molecular flexibility index (Phi) is 1.55. The minimum absolute atomic E-state index is 0.211. The fourth-order valence-electron chi connectivity index (χ4n) is 1.09. The van der Waals surface area contributed by atoms with Crippen molar-refractivity contribution in [1.29, 1.82) is 0 Å². The Balaban J connectivity index is 2.33. The molecule has 3 heteroatoms. The van der Waals surface area contributed by atoms with Gasteiger partial charge < -0.3 is 5.32 Å². The molecular formula is C8H7ClN2. The second-order valence-corrected chi connectivity index (χ2v) is 2.78. The second-order valence-electron chi connectivity index (χ2n) is 2.39. The van der Waals surface area contributed by atoms with Crippen LogP contribution in [0.5, 0.6) is 0 Å². The van der Waals surface area contributed by atoms with Gasteiger partial charge in [-0.1, -0.05) is 29.8 Å². The third kappa shape index (κ3) is 1.21. The highest BCUT2D eigenvalue weighted by atomic mass is 35.5. The van der Waals surface area contributed by atoms with E-state index >= 15 is 0 Å². The zero-order chi connectivity index (χ0) is 7.68. The van der Waals surface area contributed by atoms with E-state index in [2.05, 4.69) is 10.3 Å². The number of nitrogens with one attached hydrogen (secondary N) is 1. The van der Waals surface area contributed by atoms with Crippen molar-refractivity contribution < 1.29 is 0 Å². The van der Waals surface area contributed by atoms with Gasteiger partial charge in [-0.05, 0) is 6.08 Å². The molecule has 1 N–H and O–H groups in total. The summed E-state index contributed by atoms with van der Waals surface area (Å²) in [5.74, 6) is 0. The predicted molar refractivity (Wildman–Crippen MR) is 46.6 cm³/mol. The minimum Gasteiger partial charge on any atom is -0.377 e. The fraction of sp³-hybridized carbons (Fsp3) is 0.125. The van der Waals surface area contributed by atoms with Gasteiger partial charge in [-0.3, -0.25) is 0 Å². The molecule has 0 fully saturated rings. The summed E-state index contributed by atoms with van der Waals surface area (Å²) in [6.45, 7) is 0. The molecule has 0 radical (unpaired) electrons. The van der Waals surface area contributed by atoms with E-state index in [1.807, 2.05) is 24.3 Å². The Morgan fingerprint density at radius 2 is 2.36 bits per heavy atom. The quantitative estimate of drug-likeness (QED) is 0.543. The van der Waals surface area contributed by atoms with Crippen molar-refractivity contribution in [2.24, 2.45) is 4.99 Å². The summed E-state index contributed by atoms with van der Waals surface area (Å²) in [6, 6.07) is 0.211. The average Bonchev–Trinajstić information content (AvgIpc) is 2.04. The number of fused-ring (bicyclic) bond motifs is 1.